The molecule has 19 heavy (non-hydrogen) atoms. The Morgan fingerprint density at radius 3 is 2.74 bits per heavy atom. The first-order valence-electron chi connectivity index (χ1n) is 6.78. The summed E-state index contributed by atoms with van der Waals surface area (Å²) in [5, 5.41) is 13.1. The normalized spacial score (nSPS) is 21.7. The van der Waals surface area contributed by atoms with Crippen LogP contribution < -0.4 is 0 Å². The van der Waals surface area contributed by atoms with Crippen molar-refractivity contribution in [1.29, 1.82) is 0 Å². The second-order valence-electron chi connectivity index (χ2n) is 5.23. The summed E-state index contributed by atoms with van der Waals surface area (Å²) >= 11 is 0. The van der Waals surface area contributed by atoms with Gasteiger partial charge in [-0.2, -0.15) is 0 Å². The van der Waals surface area contributed by atoms with Crippen molar-refractivity contribution in [3.8, 4) is 0 Å². The number of aliphatic hydroxyl groups is 1. The van der Waals surface area contributed by atoms with E-state index in [2.05, 4.69) is 42.3 Å². The van der Waals surface area contributed by atoms with Crippen LogP contribution in [0.1, 0.15) is 18.1 Å². The van der Waals surface area contributed by atoms with Crippen LogP contribution in [0.25, 0.3) is 10.8 Å². The molecule has 2 heteroatoms. The van der Waals surface area contributed by atoms with Crippen molar-refractivity contribution in [2.75, 3.05) is 13.6 Å². The van der Waals surface area contributed by atoms with Gasteiger partial charge < -0.3 is 5.11 Å². The number of likely N-dealkylation sites (N-methyl/N-ethyl adjacent to an activating group) is 1. The number of hydrogen-bond acceptors (Lipinski definition) is 2. The summed E-state index contributed by atoms with van der Waals surface area (Å²) in [6.07, 6.45) is 4.78. The van der Waals surface area contributed by atoms with Gasteiger partial charge in [0.1, 0.15) is 0 Å². The quantitative estimate of drug-likeness (QED) is 0.831. The molecule has 0 saturated carbocycles. The Labute approximate surface area is 114 Å². The van der Waals surface area contributed by atoms with Crippen LogP contribution in [0.2, 0.25) is 0 Å². The maximum atomic E-state index is 10.7. The Kier molecular flexibility index (Phi) is 3.36. The summed E-state index contributed by atoms with van der Waals surface area (Å²) in [6, 6.07) is 14.6. The van der Waals surface area contributed by atoms with E-state index in [1.54, 1.807) is 0 Å². The number of fused-ring (bicyclic) bond motifs is 1. The molecule has 2 atom stereocenters. The van der Waals surface area contributed by atoms with Crippen LogP contribution in [0.3, 0.4) is 0 Å². The molecule has 2 nitrogen and oxygen atoms in total. The first-order chi connectivity index (χ1) is 9.27. The van der Waals surface area contributed by atoms with Crippen molar-refractivity contribution in [3.63, 3.8) is 0 Å². The van der Waals surface area contributed by atoms with E-state index >= 15 is 0 Å². The highest BCUT2D eigenvalue weighted by Gasteiger charge is 2.26. The largest absolute Gasteiger partial charge is 0.387 e. The van der Waals surface area contributed by atoms with Crippen molar-refractivity contribution in [3.05, 3.63) is 60.2 Å². The molecule has 0 bridgehead atoms. The first kappa shape index (κ1) is 12.4. The summed E-state index contributed by atoms with van der Waals surface area (Å²) in [6.45, 7) is 0.909. The van der Waals surface area contributed by atoms with Crippen molar-refractivity contribution in [1.82, 2.24) is 4.90 Å². The molecular weight excluding hydrogens is 234 g/mol. The van der Waals surface area contributed by atoms with E-state index in [9.17, 15) is 5.11 Å². The maximum absolute atomic E-state index is 10.7. The Balaban J connectivity index is 2.01. The van der Waals surface area contributed by atoms with Gasteiger partial charge in [-0.3, -0.25) is 4.90 Å². The van der Waals surface area contributed by atoms with Crippen LogP contribution >= 0.6 is 0 Å². The second kappa shape index (κ2) is 5.16. The van der Waals surface area contributed by atoms with Gasteiger partial charge in [0.15, 0.2) is 0 Å². The van der Waals surface area contributed by atoms with Crippen LogP contribution in [0, 0.1) is 0 Å². The van der Waals surface area contributed by atoms with E-state index in [4.69, 9.17) is 0 Å². The van der Waals surface area contributed by atoms with Gasteiger partial charge in [0.05, 0.1) is 6.10 Å². The Morgan fingerprint density at radius 2 is 1.89 bits per heavy atom. The van der Waals surface area contributed by atoms with Crippen molar-refractivity contribution < 1.29 is 5.11 Å². The minimum atomic E-state index is -0.443. The second-order valence-corrected chi connectivity index (χ2v) is 5.23. The molecule has 0 saturated heterocycles. The molecule has 1 aliphatic rings. The molecule has 98 valence electrons. The zero-order valence-corrected chi connectivity index (χ0v) is 11.2. The highest BCUT2D eigenvalue weighted by molar-refractivity contribution is 5.86. The van der Waals surface area contributed by atoms with Gasteiger partial charge in [-0.25, -0.2) is 0 Å². The molecule has 0 amide bonds. The summed E-state index contributed by atoms with van der Waals surface area (Å²) in [7, 11) is 2.07. The molecule has 0 spiro atoms. The monoisotopic (exact) mass is 253 g/mol. The average molecular weight is 253 g/mol. The fourth-order valence-electron chi connectivity index (χ4n) is 2.88. The van der Waals surface area contributed by atoms with Crippen molar-refractivity contribution in [2.24, 2.45) is 0 Å². The third kappa shape index (κ3) is 2.29. The lowest BCUT2D eigenvalue weighted by molar-refractivity contribution is 0.0671. The average Bonchev–Trinajstić information content (AvgIpc) is 2.46. The van der Waals surface area contributed by atoms with E-state index in [1.165, 1.54) is 5.39 Å². The molecule has 3 rings (SSSR count). The molecule has 0 unspecified atom stereocenters. The number of hydrogen-bond donors (Lipinski definition) is 1. The topological polar surface area (TPSA) is 23.5 Å². The van der Waals surface area contributed by atoms with E-state index < -0.39 is 6.10 Å². The number of aliphatic hydroxyl groups excluding tert-OH is 1. The first-order valence-corrected chi connectivity index (χ1v) is 6.78. The van der Waals surface area contributed by atoms with Gasteiger partial charge in [0.2, 0.25) is 0 Å². The number of nitrogens with zero attached hydrogens (tertiary/aromatic N) is 1. The lowest BCUT2D eigenvalue weighted by atomic mass is 9.92. The van der Waals surface area contributed by atoms with Gasteiger partial charge in [-0.1, -0.05) is 54.6 Å². The lowest BCUT2D eigenvalue weighted by Crippen LogP contribution is -2.38. The predicted molar refractivity (Wildman–Crippen MR) is 79.1 cm³/mol. The van der Waals surface area contributed by atoms with Crippen LogP contribution in [-0.2, 0) is 0 Å². The van der Waals surface area contributed by atoms with Gasteiger partial charge >= 0.3 is 0 Å². The molecular formula is C17H19NO. The maximum Gasteiger partial charge on any atom is 0.0954 e. The molecule has 1 heterocycles. The predicted octanol–water partition coefficient (Wildman–Crippen LogP) is 3.13. The van der Waals surface area contributed by atoms with Gasteiger partial charge in [-0.05, 0) is 29.8 Å². The fourth-order valence-corrected chi connectivity index (χ4v) is 2.88. The van der Waals surface area contributed by atoms with E-state index in [1.807, 2.05) is 24.3 Å². The minimum absolute atomic E-state index is 0.163. The van der Waals surface area contributed by atoms with Crippen LogP contribution in [0.5, 0.6) is 0 Å². The molecule has 0 aliphatic carbocycles. The SMILES string of the molecule is CN1CC=CC[C@@H]1[C@@H](O)c1cccc2ccccc12. The summed E-state index contributed by atoms with van der Waals surface area (Å²) in [5.74, 6) is 0. The van der Waals surface area contributed by atoms with Crippen molar-refractivity contribution in [2.45, 2.75) is 18.6 Å². The third-order valence-electron chi connectivity index (χ3n) is 4.01. The fraction of sp³-hybridized carbons (Fsp3) is 0.294. The van der Waals surface area contributed by atoms with Gasteiger partial charge in [-0.15, -0.1) is 0 Å². The van der Waals surface area contributed by atoms with Crippen LogP contribution in [-0.4, -0.2) is 29.6 Å². The summed E-state index contributed by atoms with van der Waals surface area (Å²) in [5.41, 5.74) is 1.03. The molecule has 1 aliphatic heterocycles. The van der Waals surface area contributed by atoms with Gasteiger partial charge in [0.25, 0.3) is 0 Å². The van der Waals surface area contributed by atoms with Crippen LogP contribution in [0.15, 0.2) is 54.6 Å². The van der Waals surface area contributed by atoms with Crippen molar-refractivity contribution >= 4 is 10.8 Å². The Bertz CT molecular complexity index is 600. The van der Waals surface area contributed by atoms with Crippen LogP contribution in [0.4, 0.5) is 0 Å². The van der Waals surface area contributed by atoms with E-state index in [0.29, 0.717) is 0 Å². The summed E-state index contributed by atoms with van der Waals surface area (Å²) in [4.78, 5) is 2.21. The molecule has 0 fully saturated rings. The highest BCUT2D eigenvalue weighted by atomic mass is 16.3. The molecule has 0 radical (unpaired) electrons. The number of rotatable bonds is 2. The molecule has 0 aromatic heterocycles. The highest BCUT2D eigenvalue weighted by Crippen LogP contribution is 2.30. The minimum Gasteiger partial charge on any atom is -0.387 e. The number of benzene rings is 2. The Morgan fingerprint density at radius 1 is 1.11 bits per heavy atom. The molecule has 2 aromatic carbocycles. The van der Waals surface area contributed by atoms with E-state index in [0.717, 1.165) is 23.9 Å². The van der Waals surface area contributed by atoms with E-state index in [-0.39, 0.29) is 6.04 Å². The smallest absolute Gasteiger partial charge is 0.0954 e. The zero-order chi connectivity index (χ0) is 13.2. The lowest BCUT2D eigenvalue weighted by Gasteiger charge is -2.33. The third-order valence-corrected chi connectivity index (χ3v) is 4.01. The summed E-state index contributed by atoms with van der Waals surface area (Å²) < 4.78 is 0. The Hall–Kier alpha value is -1.64. The molecule has 2 aromatic rings. The molecule has 1 N–H and O–H groups in total. The zero-order valence-electron chi connectivity index (χ0n) is 11.2. The van der Waals surface area contributed by atoms with Gasteiger partial charge in [0, 0.05) is 12.6 Å². The standard InChI is InChI=1S/C17H19NO/c1-18-12-5-4-11-16(18)17(19)15-10-6-8-13-7-2-3-9-14(13)15/h2-10,16-17,19H,11-12H2,1H3/t16-,17+/m1/s1.